The van der Waals surface area contributed by atoms with Crippen molar-refractivity contribution in [3.05, 3.63) is 83.7 Å². The van der Waals surface area contributed by atoms with E-state index in [0.717, 1.165) is 16.8 Å². The Morgan fingerprint density at radius 1 is 1.14 bits per heavy atom. The predicted molar refractivity (Wildman–Crippen MR) is 102 cm³/mol. The third-order valence-corrected chi connectivity index (χ3v) is 4.19. The zero-order valence-corrected chi connectivity index (χ0v) is 15.1. The molecule has 4 aromatic rings. The zero-order chi connectivity index (χ0) is 19.5. The lowest BCUT2D eigenvalue weighted by Gasteiger charge is -2.08. The number of hydrogen-bond acceptors (Lipinski definition) is 4. The standard InChI is InChI=1S/C20H17FN6O/c1-13-10-19(27(26-13)12-14-6-8-22-9-7-14)23-20(28)18-11-17(24-25-18)15-2-4-16(21)5-3-15/h2-11H,12H2,1H3,(H,23,28)(H,24,25). The van der Waals surface area contributed by atoms with Crippen LogP contribution in [0.5, 0.6) is 0 Å². The van der Waals surface area contributed by atoms with Crippen molar-refractivity contribution in [1.29, 1.82) is 0 Å². The van der Waals surface area contributed by atoms with Crippen LogP contribution in [0.2, 0.25) is 0 Å². The topological polar surface area (TPSA) is 88.5 Å². The molecule has 0 aliphatic rings. The first kappa shape index (κ1) is 17.6. The number of nitrogens with zero attached hydrogens (tertiary/aromatic N) is 4. The summed E-state index contributed by atoms with van der Waals surface area (Å²) in [5, 5.41) is 14.1. The lowest BCUT2D eigenvalue weighted by Crippen LogP contribution is -2.16. The predicted octanol–water partition coefficient (Wildman–Crippen LogP) is 3.42. The summed E-state index contributed by atoms with van der Waals surface area (Å²) in [4.78, 5) is 16.6. The second kappa shape index (κ2) is 7.43. The van der Waals surface area contributed by atoms with Crippen LogP contribution in [0, 0.1) is 12.7 Å². The molecule has 8 heteroatoms. The lowest BCUT2D eigenvalue weighted by atomic mass is 10.1. The van der Waals surface area contributed by atoms with Crippen molar-refractivity contribution in [3.63, 3.8) is 0 Å². The molecule has 0 spiro atoms. The van der Waals surface area contributed by atoms with E-state index in [1.165, 1.54) is 12.1 Å². The molecule has 0 unspecified atom stereocenters. The number of pyridine rings is 1. The maximum Gasteiger partial charge on any atom is 0.274 e. The van der Waals surface area contributed by atoms with E-state index < -0.39 is 0 Å². The van der Waals surface area contributed by atoms with Gasteiger partial charge in [-0.3, -0.25) is 14.9 Å². The van der Waals surface area contributed by atoms with Crippen molar-refractivity contribution < 1.29 is 9.18 Å². The van der Waals surface area contributed by atoms with Crippen molar-refractivity contribution >= 4 is 11.7 Å². The van der Waals surface area contributed by atoms with Crippen molar-refractivity contribution in [3.8, 4) is 11.3 Å². The molecule has 0 atom stereocenters. The number of carbonyl (C=O) groups is 1. The van der Waals surface area contributed by atoms with Gasteiger partial charge in [0.25, 0.3) is 5.91 Å². The van der Waals surface area contributed by atoms with E-state index in [1.54, 1.807) is 41.3 Å². The normalized spacial score (nSPS) is 10.8. The first-order valence-electron chi connectivity index (χ1n) is 8.64. The third-order valence-electron chi connectivity index (χ3n) is 4.19. The highest BCUT2D eigenvalue weighted by atomic mass is 19.1. The van der Waals surface area contributed by atoms with Crippen molar-refractivity contribution in [1.82, 2.24) is 25.0 Å². The van der Waals surface area contributed by atoms with Crippen LogP contribution in [0.25, 0.3) is 11.3 Å². The molecule has 140 valence electrons. The monoisotopic (exact) mass is 376 g/mol. The highest BCUT2D eigenvalue weighted by Gasteiger charge is 2.15. The summed E-state index contributed by atoms with van der Waals surface area (Å²) in [6.45, 7) is 2.37. The number of aromatic nitrogens is 5. The van der Waals surface area contributed by atoms with E-state index in [0.29, 0.717) is 23.8 Å². The van der Waals surface area contributed by atoms with Crippen molar-refractivity contribution in [2.45, 2.75) is 13.5 Å². The van der Waals surface area contributed by atoms with Gasteiger partial charge in [0, 0.05) is 24.0 Å². The van der Waals surface area contributed by atoms with Gasteiger partial charge in [0.2, 0.25) is 0 Å². The summed E-state index contributed by atoms with van der Waals surface area (Å²) >= 11 is 0. The van der Waals surface area contributed by atoms with Gasteiger partial charge in [-0.2, -0.15) is 10.2 Å². The summed E-state index contributed by atoms with van der Waals surface area (Å²) in [6.07, 6.45) is 3.43. The number of anilines is 1. The number of aryl methyl sites for hydroxylation is 1. The molecule has 28 heavy (non-hydrogen) atoms. The molecule has 0 aliphatic heterocycles. The van der Waals surface area contributed by atoms with Crippen LogP contribution in [-0.4, -0.2) is 30.9 Å². The highest BCUT2D eigenvalue weighted by Crippen LogP contribution is 2.19. The molecule has 0 bridgehead atoms. The van der Waals surface area contributed by atoms with Gasteiger partial charge in [-0.15, -0.1) is 0 Å². The average Bonchev–Trinajstić information content (AvgIpc) is 3.30. The van der Waals surface area contributed by atoms with Crippen LogP contribution in [0.15, 0.2) is 60.9 Å². The number of halogens is 1. The van der Waals surface area contributed by atoms with E-state index in [1.807, 2.05) is 19.1 Å². The number of amides is 1. The van der Waals surface area contributed by atoms with Crippen LogP contribution in [0.1, 0.15) is 21.7 Å². The summed E-state index contributed by atoms with van der Waals surface area (Å²) in [7, 11) is 0. The molecular formula is C20H17FN6O. The fraction of sp³-hybridized carbons (Fsp3) is 0.100. The van der Waals surface area contributed by atoms with Crippen molar-refractivity contribution in [2.24, 2.45) is 0 Å². The summed E-state index contributed by atoms with van der Waals surface area (Å²) in [5.41, 5.74) is 3.39. The largest absolute Gasteiger partial charge is 0.305 e. The van der Waals surface area contributed by atoms with Crippen molar-refractivity contribution in [2.75, 3.05) is 5.32 Å². The van der Waals surface area contributed by atoms with Gasteiger partial charge in [-0.25, -0.2) is 9.07 Å². The first-order chi connectivity index (χ1) is 13.6. The van der Waals surface area contributed by atoms with E-state index in [4.69, 9.17) is 0 Å². The van der Waals surface area contributed by atoms with Gasteiger partial charge in [-0.05, 0) is 55.0 Å². The Bertz CT molecular complexity index is 1100. The second-order valence-corrected chi connectivity index (χ2v) is 6.31. The number of rotatable bonds is 5. The molecule has 0 radical (unpaired) electrons. The van der Waals surface area contributed by atoms with Gasteiger partial charge in [0.15, 0.2) is 0 Å². The minimum absolute atomic E-state index is 0.300. The zero-order valence-electron chi connectivity index (χ0n) is 15.1. The van der Waals surface area contributed by atoms with E-state index in [9.17, 15) is 9.18 Å². The summed E-state index contributed by atoms with van der Waals surface area (Å²) in [6, 6.07) is 13.1. The molecular weight excluding hydrogens is 359 g/mol. The number of aromatic amines is 1. The smallest absolute Gasteiger partial charge is 0.274 e. The van der Waals surface area contributed by atoms with Crippen LogP contribution < -0.4 is 5.32 Å². The molecule has 4 rings (SSSR count). The highest BCUT2D eigenvalue weighted by molar-refractivity contribution is 6.03. The van der Waals surface area contributed by atoms with Gasteiger partial charge < -0.3 is 5.32 Å². The molecule has 0 saturated carbocycles. The molecule has 0 fully saturated rings. The quantitative estimate of drug-likeness (QED) is 0.559. The van der Waals surface area contributed by atoms with E-state index in [2.05, 4.69) is 25.6 Å². The number of carbonyl (C=O) groups excluding carboxylic acids is 1. The Kier molecular flexibility index (Phi) is 4.67. The summed E-state index contributed by atoms with van der Waals surface area (Å²) in [5.74, 6) is -0.0796. The molecule has 0 aliphatic carbocycles. The Morgan fingerprint density at radius 2 is 1.89 bits per heavy atom. The van der Waals surface area contributed by atoms with E-state index >= 15 is 0 Å². The maximum absolute atomic E-state index is 13.1. The molecule has 1 aromatic carbocycles. The first-order valence-corrected chi connectivity index (χ1v) is 8.64. The maximum atomic E-state index is 13.1. The number of benzene rings is 1. The van der Waals surface area contributed by atoms with Gasteiger partial charge in [0.1, 0.15) is 17.3 Å². The van der Waals surface area contributed by atoms with Gasteiger partial charge in [0.05, 0.1) is 17.9 Å². The van der Waals surface area contributed by atoms with Crippen LogP contribution >= 0.6 is 0 Å². The molecule has 7 nitrogen and oxygen atoms in total. The summed E-state index contributed by atoms with van der Waals surface area (Å²) < 4.78 is 14.8. The van der Waals surface area contributed by atoms with E-state index in [-0.39, 0.29) is 11.7 Å². The number of hydrogen-bond donors (Lipinski definition) is 2. The van der Waals surface area contributed by atoms with Gasteiger partial charge in [-0.1, -0.05) is 0 Å². The van der Waals surface area contributed by atoms with Crippen LogP contribution in [-0.2, 0) is 6.54 Å². The Hall–Kier alpha value is -3.81. The minimum Gasteiger partial charge on any atom is -0.305 e. The molecule has 2 N–H and O–H groups in total. The molecule has 1 amide bonds. The fourth-order valence-electron chi connectivity index (χ4n) is 2.82. The van der Waals surface area contributed by atoms with Crippen LogP contribution in [0.4, 0.5) is 10.2 Å². The SMILES string of the molecule is Cc1cc(NC(=O)c2cc(-c3ccc(F)cc3)n[nH]2)n(Cc2ccncc2)n1. The second-order valence-electron chi connectivity index (χ2n) is 6.31. The Morgan fingerprint density at radius 3 is 2.64 bits per heavy atom. The fourth-order valence-corrected chi connectivity index (χ4v) is 2.82. The number of H-pyrrole nitrogens is 1. The van der Waals surface area contributed by atoms with Gasteiger partial charge >= 0.3 is 0 Å². The molecule has 0 saturated heterocycles. The third kappa shape index (κ3) is 3.80. The molecule has 3 aromatic heterocycles. The Labute approximate surface area is 160 Å². The van der Waals surface area contributed by atoms with Crippen LogP contribution in [0.3, 0.4) is 0 Å². The Balaban J connectivity index is 1.52. The average molecular weight is 376 g/mol. The number of nitrogens with one attached hydrogen (secondary N) is 2. The molecule has 3 heterocycles. The lowest BCUT2D eigenvalue weighted by molar-refractivity contribution is 0.102. The minimum atomic E-state index is -0.336.